The summed E-state index contributed by atoms with van der Waals surface area (Å²) in [6.07, 6.45) is 6.22. The van der Waals surface area contributed by atoms with E-state index in [0.29, 0.717) is 12.1 Å². The summed E-state index contributed by atoms with van der Waals surface area (Å²) < 4.78 is 0. The third kappa shape index (κ3) is 3.02. The van der Waals surface area contributed by atoms with Gasteiger partial charge in [0.1, 0.15) is 0 Å². The molecule has 0 spiro atoms. The van der Waals surface area contributed by atoms with Gasteiger partial charge < -0.3 is 10.3 Å². The van der Waals surface area contributed by atoms with Crippen molar-refractivity contribution in [3.63, 3.8) is 0 Å². The maximum absolute atomic E-state index is 3.87. The fourth-order valence-electron chi connectivity index (χ4n) is 6.64. The Morgan fingerprint density at radius 3 is 2.80 bits per heavy atom. The highest BCUT2D eigenvalue weighted by molar-refractivity contribution is 5.85. The molecule has 1 saturated heterocycles. The zero-order valence-electron chi connectivity index (χ0n) is 18.0. The van der Waals surface area contributed by atoms with Gasteiger partial charge >= 0.3 is 0 Å². The minimum Gasteiger partial charge on any atom is -0.357 e. The monoisotopic (exact) mass is 399 g/mol. The number of para-hydroxylation sites is 1. The summed E-state index contributed by atoms with van der Waals surface area (Å²) in [6.45, 7) is 6.01. The summed E-state index contributed by atoms with van der Waals surface area (Å²) in [6, 6.07) is 19.1. The first-order valence-electron chi connectivity index (χ1n) is 12.0. The molecule has 0 saturated carbocycles. The van der Waals surface area contributed by atoms with Crippen LogP contribution in [-0.4, -0.2) is 29.5 Å². The van der Waals surface area contributed by atoms with Crippen LogP contribution in [0.15, 0.2) is 48.5 Å². The van der Waals surface area contributed by atoms with Gasteiger partial charge in [-0.1, -0.05) is 55.8 Å². The molecular formula is C27H33N3. The summed E-state index contributed by atoms with van der Waals surface area (Å²) in [4.78, 5) is 6.57. The molecule has 0 radical (unpaired) electrons. The average molecular weight is 400 g/mol. The fourth-order valence-corrected chi connectivity index (χ4v) is 6.64. The van der Waals surface area contributed by atoms with Gasteiger partial charge in [-0.05, 0) is 66.8 Å². The molecule has 1 fully saturated rings. The van der Waals surface area contributed by atoms with Crippen molar-refractivity contribution in [1.29, 1.82) is 0 Å². The Bertz CT molecular complexity index is 1050. The van der Waals surface area contributed by atoms with Crippen molar-refractivity contribution >= 4 is 10.9 Å². The maximum Gasteiger partial charge on any atom is 0.0478 e. The van der Waals surface area contributed by atoms with Crippen molar-refractivity contribution < 1.29 is 0 Å². The molecule has 2 N–H and O–H groups in total. The number of H-pyrrole nitrogens is 1. The summed E-state index contributed by atoms with van der Waals surface area (Å²) in [5.41, 5.74) is 7.51. The summed E-state index contributed by atoms with van der Waals surface area (Å²) in [7, 11) is 0. The van der Waals surface area contributed by atoms with E-state index < -0.39 is 0 Å². The lowest BCUT2D eigenvalue weighted by Crippen LogP contribution is -2.46. The third-order valence-corrected chi connectivity index (χ3v) is 8.21. The van der Waals surface area contributed by atoms with E-state index in [9.17, 15) is 0 Å². The number of hydrogen-bond acceptors (Lipinski definition) is 2. The van der Waals surface area contributed by atoms with Crippen LogP contribution in [0.5, 0.6) is 0 Å². The summed E-state index contributed by atoms with van der Waals surface area (Å²) in [5.74, 6) is 1.58. The lowest BCUT2D eigenvalue weighted by Gasteiger charge is -2.48. The van der Waals surface area contributed by atoms with Crippen LogP contribution in [0.3, 0.4) is 0 Å². The molecule has 30 heavy (non-hydrogen) atoms. The Labute approximate surface area is 179 Å². The molecule has 3 heteroatoms. The molecule has 3 nitrogen and oxygen atoms in total. The zero-order chi connectivity index (χ0) is 20.1. The molecule has 4 heterocycles. The molecule has 0 bridgehead atoms. The molecule has 2 aromatic carbocycles. The Kier molecular flexibility index (Phi) is 4.69. The van der Waals surface area contributed by atoms with Crippen molar-refractivity contribution in [3.05, 3.63) is 70.9 Å². The van der Waals surface area contributed by atoms with E-state index in [4.69, 9.17) is 0 Å². The van der Waals surface area contributed by atoms with Gasteiger partial charge in [-0.3, -0.25) is 4.90 Å². The number of benzene rings is 2. The van der Waals surface area contributed by atoms with Gasteiger partial charge in [0.2, 0.25) is 0 Å². The Morgan fingerprint density at radius 1 is 1.00 bits per heavy atom. The van der Waals surface area contributed by atoms with Gasteiger partial charge in [0.15, 0.2) is 0 Å². The van der Waals surface area contributed by atoms with Crippen LogP contribution in [0, 0.1) is 11.8 Å². The van der Waals surface area contributed by atoms with Crippen LogP contribution in [0.4, 0.5) is 0 Å². The van der Waals surface area contributed by atoms with Crippen molar-refractivity contribution in [1.82, 2.24) is 15.2 Å². The van der Waals surface area contributed by atoms with E-state index >= 15 is 0 Å². The third-order valence-electron chi connectivity index (χ3n) is 8.21. The van der Waals surface area contributed by atoms with Gasteiger partial charge in [0, 0.05) is 41.8 Å². The standard InChI is InChI=1S/C27H33N3/c1-2-18-17-30-14-12-19-7-3-4-8-21(19)26(30)16-20(18)15-25-27-23(11-13-28-25)22-9-5-6-10-24(22)29-27/h3-10,18,20,25-26,28-29H,2,11-17H2,1H3. The molecule has 3 aliphatic heterocycles. The van der Waals surface area contributed by atoms with Crippen LogP contribution >= 0.6 is 0 Å². The van der Waals surface area contributed by atoms with Crippen LogP contribution in [0.2, 0.25) is 0 Å². The highest BCUT2D eigenvalue weighted by atomic mass is 15.2. The number of aromatic amines is 1. The highest BCUT2D eigenvalue weighted by Crippen LogP contribution is 2.45. The van der Waals surface area contributed by atoms with Crippen LogP contribution in [0.1, 0.15) is 60.7 Å². The number of piperidine rings is 1. The van der Waals surface area contributed by atoms with Crippen molar-refractivity contribution in [2.75, 3.05) is 19.6 Å². The number of rotatable bonds is 3. The van der Waals surface area contributed by atoms with E-state index in [0.717, 1.165) is 24.8 Å². The number of hydrogen-bond donors (Lipinski definition) is 2. The summed E-state index contributed by atoms with van der Waals surface area (Å²) >= 11 is 0. The molecule has 4 unspecified atom stereocenters. The second-order valence-corrected chi connectivity index (χ2v) is 9.68. The van der Waals surface area contributed by atoms with Crippen LogP contribution < -0.4 is 5.32 Å². The van der Waals surface area contributed by atoms with E-state index in [1.807, 2.05) is 0 Å². The van der Waals surface area contributed by atoms with E-state index in [1.54, 1.807) is 16.7 Å². The average Bonchev–Trinajstić information content (AvgIpc) is 3.18. The number of nitrogens with zero attached hydrogens (tertiary/aromatic N) is 1. The van der Waals surface area contributed by atoms with Gasteiger partial charge in [0.25, 0.3) is 0 Å². The lowest BCUT2D eigenvalue weighted by molar-refractivity contribution is 0.0435. The maximum atomic E-state index is 3.87. The van der Waals surface area contributed by atoms with Crippen LogP contribution in [0.25, 0.3) is 10.9 Å². The number of aromatic nitrogens is 1. The minimum absolute atomic E-state index is 0.464. The molecule has 156 valence electrons. The fraction of sp³-hybridized carbons (Fsp3) is 0.481. The second kappa shape index (κ2) is 7.55. The van der Waals surface area contributed by atoms with Crippen molar-refractivity contribution in [2.24, 2.45) is 11.8 Å². The predicted octanol–water partition coefficient (Wildman–Crippen LogP) is 5.39. The molecule has 4 atom stereocenters. The number of nitrogens with one attached hydrogen (secondary N) is 2. The summed E-state index contributed by atoms with van der Waals surface area (Å²) in [5, 5.41) is 5.31. The predicted molar refractivity (Wildman–Crippen MR) is 124 cm³/mol. The van der Waals surface area contributed by atoms with Crippen molar-refractivity contribution in [2.45, 2.75) is 51.1 Å². The van der Waals surface area contributed by atoms with E-state index in [-0.39, 0.29) is 0 Å². The Hall–Kier alpha value is -2.10. The lowest BCUT2D eigenvalue weighted by atomic mass is 9.73. The largest absolute Gasteiger partial charge is 0.357 e. The van der Waals surface area contributed by atoms with Crippen molar-refractivity contribution in [3.8, 4) is 0 Å². The topological polar surface area (TPSA) is 31.1 Å². The smallest absolute Gasteiger partial charge is 0.0478 e. The molecular weight excluding hydrogens is 366 g/mol. The first kappa shape index (κ1) is 18.7. The number of fused-ring (bicyclic) bond motifs is 6. The molecule has 3 aliphatic rings. The second-order valence-electron chi connectivity index (χ2n) is 9.68. The molecule has 3 aromatic rings. The Balaban J connectivity index is 1.30. The van der Waals surface area contributed by atoms with E-state index in [2.05, 4.69) is 70.7 Å². The van der Waals surface area contributed by atoms with Gasteiger partial charge in [-0.25, -0.2) is 0 Å². The molecule has 0 aliphatic carbocycles. The van der Waals surface area contributed by atoms with Gasteiger partial charge in [-0.15, -0.1) is 0 Å². The SMILES string of the molecule is CCC1CN2CCc3ccccc3C2CC1CC1NCCc2c1[nH]c1ccccc21. The van der Waals surface area contributed by atoms with Gasteiger partial charge in [0.05, 0.1) is 0 Å². The van der Waals surface area contributed by atoms with Crippen LogP contribution in [-0.2, 0) is 12.8 Å². The molecule has 0 amide bonds. The first-order chi connectivity index (χ1) is 14.8. The zero-order valence-corrected chi connectivity index (χ0v) is 18.0. The normalized spacial score (nSPS) is 28.7. The first-order valence-corrected chi connectivity index (χ1v) is 12.0. The quantitative estimate of drug-likeness (QED) is 0.619. The highest BCUT2D eigenvalue weighted by Gasteiger charge is 2.39. The van der Waals surface area contributed by atoms with Gasteiger partial charge in [-0.2, -0.15) is 0 Å². The van der Waals surface area contributed by atoms with E-state index in [1.165, 1.54) is 55.4 Å². The minimum atomic E-state index is 0.464. The molecule has 6 rings (SSSR count). The molecule has 1 aromatic heterocycles. The Morgan fingerprint density at radius 2 is 1.87 bits per heavy atom.